The molecule has 3 saturated carbocycles. The highest BCUT2D eigenvalue weighted by Crippen LogP contribution is 2.64. The fraction of sp³-hybridized carbons (Fsp3) is 0.880. The van der Waals surface area contributed by atoms with Crippen LogP contribution < -0.4 is 0 Å². The van der Waals surface area contributed by atoms with Gasteiger partial charge < -0.3 is 4.55 Å². The maximum absolute atomic E-state index is 13.1. The minimum absolute atomic E-state index is 0.169. The van der Waals surface area contributed by atoms with Crippen molar-refractivity contribution in [1.29, 1.82) is 0 Å². The van der Waals surface area contributed by atoms with Crippen LogP contribution in [0.25, 0.3) is 0 Å². The summed E-state index contributed by atoms with van der Waals surface area (Å²) in [6, 6.07) is 3.21. The number of alkyl halides is 3. The van der Waals surface area contributed by atoms with Crippen LogP contribution in [0.5, 0.6) is 0 Å². The second-order valence-corrected chi connectivity index (χ2v) is 13.5. The maximum atomic E-state index is 13.1. The summed E-state index contributed by atoms with van der Waals surface area (Å²) in [5.74, 6) is 2.88. The average molecular weight is 484 g/mol. The second kappa shape index (κ2) is 7.89. The molecule has 3 heterocycles. The zero-order chi connectivity index (χ0) is 23.1. The van der Waals surface area contributed by atoms with E-state index in [4.69, 9.17) is 5.10 Å². The van der Waals surface area contributed by atoms with Crippen molar-refractivity contribution < 1.29 is 17.7 Å². The van der Waals surface area contributed by atoms with Crippen LogP contribution in [0.2, 0.25) is 0 Å². The average Bonchev–Trinajstić information content (AvgIpc) is 3.20. The molecule has 4 nitrogen and oxygen atoms in total. The van der Waals surface area contributed by atoms with Crippen molar-refractivity contribution in [3.63, 3.8) is 0 Å². The first-order valence-electron chi connectivity index (χ1n) is 12.9. The van der Waals surface area contributed by atoms with Crippen LogP contribution in [0.1, 0.15) is 88.1 Å². The molecule has 8 heteroatoms. The summed E-state index contributed by atoms with van der Waals surface area (Å²) in [6.07, 6.45) is 1.33. The molecule has 0 aromatic carbocycles. The van der Waals surface area contributed by atoms with E-state index in [1.165, 1.54) is 31.5 Å². The van der Waals surface area contributed by atoms with E-state index in [0.717, 1.165) is 35.6 Å². The first-order valence-corrected chi connectivity index (χ1v) is 14.4. The molecule has 33 heavy (non-hydrogen) atoms. The molecule has 1 spiro atoms. The predicted molar refractivity (Wildman–Crippen MR) is 123 cm³/mol. The van der Waals surface area contributed by atoms with E-state index in [1.807, 2.05) is 0 Å². The van der Waals surface area contributed by atoms with Crippen LogP contribution in [-0.2, 0) is 11.2 Å². The lowest BCUT2D eigenvalue weighted by molar-refractivity contribution is -0.182. The van der Waals surface area contributed by atoms with Gasteiger partial charge in [0.2, 0.25) is 0 Å². The lowest BCUT2D eigenvalue weighted by Gasteiger charge is -2.39. The zero-order valence-electron chi connectivity index (χ0n) is 19.7. The van der Waals surface area contributed by atoms with Gasteiger partial charge in [-0.1, -0.05) is 11.2 Å². The van der Waals surface area contributed by atoms with Gasteiger partial charge in [-0.15, -0.1) is 0 Å². The summed E-state index contributed by atoms with van der Waals surface area (Å²) >= 11 is -0.572. The first-order chi connectivity index (χ1) is 15.6. The lowest BCUT2D eigenvalue weighted by atomic mass is 9.80. The molecule has 2 aliphatic heterocycles. The molecule has 3 aliphatic carbocycles. The standard InChI is InChI=1S/C25H36F3N3OS/c1-15(2)31-22(11-21(29-31)16-3-5-17(6-4-16)25(26,27)28)23-19-9-18(10-20(19)23)30-8-7-24(12-30)13-33(32)14-24/h11,15-20,23H,3-10,12-14H2,1-2H3/t16?,17?,18-,19-,20?,23+,24?,33?/m0/s1. The minimum Gasteiger partial charge on any atom is -0.616 e. The van der Waals surface area contributed by atoms with Gasteiger partial charge in [0.15, 0.2) is 0 Å². The molecule has 5 aliphatic rings. The van der Waals surface area contributed by atoms with Gasteiger partial charge >= 0.3 is 6.18 Å². The van der Waals surface area contributed by atoms with Crippen molar-refractivity contribution in [2.75, 3.05) is 24.6 Å². The largest absolute Gasteiger partial charge is 0.616 e. The van der Waals surface area contributed by atoms with Crippen LogP contribution in [0.3, 0.4) is 0 Å². The van der Waals surface area contributed by atoms with Gasteiger partial charge in [-0.3, -0.25) is 9.58 Å². The molecule has 184 valence electrons. The number of fused-ring (bicyclic) bond motifs is 1. The van der Waals surface area contributed by atoms with Crippen LogP contribution in [0.15, 0.2) is 6.07 Å². The van der Waals surface area contributed by atoms with Crippen molar-refractivity contribution in [3.05, 3.63) is 17.5 Å². The topological polar surface area (TPSA) is 44.1 Å². The summed E-state index contributed by atoms with van der Waals surface area (Å²) in [4.78, 5) is 2.68. The summed E-state index contributed by atoms with van der Waals surface area (Å²) < 4.78 is 53.1. The van der Waals surface area contributed by atoms with E-state index in [-0.39, 0.29) is 24.8 Å². The summed E-state index contributed by atoms with van der Waals surface area (Å²) in [7, 11) is 0. The van der Waals surface area contributed by atoms with E-state index in [0.29, 0.717) is 30.2 Å². The summed E-state index contributed by atoms with van der Waals surface area (Å²) in [5.41, 5.74) is 2.71. The van der Waals surface area contributed by atoms with Crippen molar-refractivity contribution >= 4 is 11.2 Å². The molecule has 2 saturated heterocycles. The van der Waals surface area contributed by atoms with E-state index in [1.54, 1.807) is 0 Å². The third kappa shape index (κ3) is 3.96. The second-order valence-electron chi connectivity index (χ2n) is 12.1. The van der Waals surface area contributed by atoms with Crippen molar-refractivity contribution in [2.45, 2.75) is 88.9 Å². The Labute approximate surface area is 197 Å². The number of halogens is 3. The monoisotopic (exact) mass is 483 g/mol. The molecule has 6 rings (SSSR count). The van der Waals surface area contributed by atoms with Crippen molar-refractivity contribution in [3.8, 4) is 0 Å². The smallest absolute Gasteiger partial charge is 0.391 e. The first kappa shape index (κ1) is 22.7. The Morgan fingerprint density at radius 3 is 2.36 bits per heavy atom. The molecular weight excluding hydrogens is 447 g/mol. The molecule has 1 unspecified atom stereocenters. The Morgan fingerprint density at radius 1 is 1.12 bits per heavy atom. The third-order valence-corrected chi connectivity index (χ3v) is 11.4. The van der Waals surface area contributed by atoms with Crippen LogP contribution in [0.4, 0.5) is 13.2 Å². The lowest BCUT2D eigenvalue weighted by Crippen LogP contribution is -2.50. The zero-order valence-corrected chi connectivity index (χ0v) is 20.5. The molecule has 0 bridgehead atoms. The minimum atomic E-state index is -4.06. The van der Waals surface area contributed by atoms with Gasteiger partial charge in [0.05, 0.1) is 17.0 Å². The van der Waals surface area contributed by atoms with E-state index >= 15 is 0 Å². The normalized spacial score (nSPS) is 43.3. The molecule has 0 amide bonds. The number of hydrogen-bond donors (Lipinski definition) is 0. The molecule has 1 aromatic rings. The molecule has 0 radical (unpaired) electrons. The fourth-order valence-corrected chi connectivity index (χ4v) is 9.47. The van der Waals surface area contributed by atoms with Crippen molar-refractivity contribution in [2.24, 2.45) is 23.2 Å². The Morgan fingerprint density at radius 2 is 1.79 bits per heavy atom. The summed E-state index contributed by atoms with van der Waals surface area (Å²) in [6.45, 7) is 6.63. The van der Waals surface area contributed by atoms with E-state index < -0.39 is 23.3 Å². The SMILES string of the molecule is CC(C)n1nc(C2CCC(C(F)(F)F)CC2)cc1[C@H]1C2C[C@@H](N3CCC4(C3)C[S+]([O-])C4)C[C@@H]21. The van der Waals surface area contributed by atoms with E-state index in [2.05, 4.69) is 29.5 Å². The Hall–Kier alpha value is -0.730. The third-order valence-electron chi connectivity index (χ3n) is 9.56. The number of likely N-dealkylation sites (tertiary alicyclic amines) is 1. The van der Waals surface area contributed by atoms with Crippen LogP contribution in [-0.4, -0.2) is 56.0 Å². The Balaban J connectivity index is 1.10. The molecule has 0 N–H and O–H groups in total. The van der Waals surface area contributed by atoms with Gasteiger partial charge in [-0.2, -0.15) is 18.3 Å². The predicted octanol–water partition coefficient (Wildman–Crippen LogP) is 5.25. The van der Waals surface area contributed by atoms with Crippen LogP contribution in [0, 0.1) is 23.2 Å². The van der Waals surface area contributed by atoms with Crippen molar-refractivity contribution in [1.82, 2.24) is 14.7 Å². The quantitative estimate of drug-likeness (QED) is 0.550. The molecule has 4 atom stereocenters. The highest BCUT2D eigenvalue weighted by molar-refractivity contribution is 7.92. The molecule has 5 fully saturated rings. The molecular formula is C25H36F3N3OS. The number of hydrogen-bond acceptors (Lipinski definition) is 3. The Bertz CT molecular complexity index is 876. The molecule has 1 aromatic heterocycles. The fourth-order valence-electron chi connectivity index (χ4n) is 7.71. The van der Waals surface area contributed by atoms with E-state index in [9.17, 15) is 17.7 Å². The number of nitrogens with zero attached hydrogens (tertiary/aromatic N) is 3. The van der Waals surface area contributed by atoms with Gasteiger partial charge in [-0.05, 0) is 83.2 Å². The summed E-state index contributed by atoms with van der Waals surface area (Å²) in [5, 5.41) is 4.95. The van der Waals surface area contributed by atoms with Gasteiger partial charge in [0.25, 0.3) is 0 Å². The van der Waals surface area contributed by atoms with Gasteiger partial charge in [-0.25, -0.2) is 0 Å². The highest BCUT2D eigenvalue weighted by Gasteiger charge is 2.61. The van der Waals surface area contributed by atoms with Gasteiger partial charge in [0.1, 0.15) is 11.5 Å². The highest BCUT2D eigenvalue weighted by atomic mass is 32.2. The van der Waals surface area contributed by atoms with Gasteiger partial charge in [0, 0.05) is 36.2 Å². The Kier molecular flexibility index (Phi) is 5.43. The maximum Gasteiger partial charge on any atom is 0.391 e. The van der Waals surface area contributed by atoms with Crippen LogP contribution >= 0.6 is 0 Å². The number of rotatable bonds is 4. The number of aromatic nitrogens is 2.